The van der Waals surface area contributed by atoms with Crippen molar-refractivity contribution in [1.29, 1.82) is 0 Å². The Kier molecular flexibility index (Phi) is 12.1. The Bertz CT molecular complexity index is 1480. The number of methoxy groups -OCH3 is 1. The van der Waals surface area contributed by atoms with Gasteiger partial charge in [-0.05, 0) is 77.9 Å². The molecule has 252 valence electrons. The summed E-state index contributed by atoms with van der Waals surface area (Å²) < 4.78 is 16.5. The number of ether oxygens (including phenoxy) is 3. The van der Waals surface area contributed by atoms with Crippen LogP contribution in [0, 0.1) is 13.1 Å². The van der Waals surface area contributed by atoms with Crippen molar-refractivity contribution in [2.24, 2.45) is 0 Å². The number of benzene rings is 2. The monoisotopic (exact) mass is 708 g/mol. The summed E-state index contributed by atoms with van der Waals surface area (Å²) >= 11 is 3.42. The highest BCUT2D eigenvalue weighted by atomic mass is 79.9. The first-order valence-electron chi connectivity index (χ1n) is 15.6. The fourth-order valence-corrected chi connectivity index (χ4v) is 5.76. The van der Waals surface area contributed by atoms with Gasteiger partial charge in [0, 0.05) is 67.5 Å². The summed E-state index contributed by atoms with van der Waals surface area (Å²) in [5.41, 5.74) is 0.115. The first-order valence-corrected chi connectivity index (χ1v) is 16.4. The summed E-state index contributed by atoms with van der Waals surface area (Å²) in [6, 6.07) is 14.9. The molecule has 0 atom stereocenters. The molecule has 2 aromatic rings. The number of likely N-dealkylation sites (tertiary alicyclic amines) is 2. The van der Waals surface area contributed by atoms with E-state index < -0.39 is 28.2 Å². The smallest absolute Gasteiger partial charge is 0.410 e. The molecule has 0 saturated carbocycles. The SMILES string of the molecule is [C-]#[N+]C1(c2ccc(Br)cc2)CCN(C(=O)OC(C)(C)C)CC1.[C-]#[N+]C1(c2ccc(C(=O)OC)cc2)CCN(C(=O)OC(C)(C)C)CC1. The van der Waals surface area contributed by atoms with Crippen LogP contribution in [0.25, 0.3) is 9.69 Å². The van der Waals surface area contributed by atoms with Gasteiger partial charge in [-0.3, -0.25) is 0 Å². The molecule has 0 bridgehead atoms. The average molecular weight is 710 g/mol. The highest BCUT2D eigenvalue weighted by molar-refractivity contribution is 9.10. The van der Waals surface area contributed by atoms with Gasteiger partial charge < -0.3 is 33.7 Å². The van der Waals surface area contributed by atoms with Crippen molar-refractivity contribution >= 4 is 34.1 Å². The van der Waals surface area contributed by atoms with E-state index in [4.69, 9.17) is 27.4 Å². The van der Waals surface area contributed by atoms with Crippen molar-refractivity contribution in [3.8, 4) is 0 Å². The van der Waals surface area contributed by atoms with Crippen LogP contribution in [0.1, 0.15) is 88.7 Å². The third-order valence-corrected chi connectivity index (χ3v) is 8.67. The second kappa shape index (κ2) is 15.2. The van der Waals surface area contributed by atoms with Crippen LogP contribution in [0.4, 0.5) is 9.59 Å². The molecule has 10 nitrogen and oxygen atoms in total. The van der Waals surface area contributed by atoms with Crippen molar-refractivity contribution in [3.05, 3.63) is 92.5 Å². The van der Waals surface area contributed by atoms with Gasteiger partial charge in [0.15, 0.2) is 0 Å². The van der Waals surface area contributed by atoms with Gasteiger partial charge >= 0.3 is 18.2 Å². The quantitative estimate of drug-likeness (QED) is 0.181. The zero-order valence-corrected chi connectivity index (χ0v) is 30.0. The molecular formula is C36H45BrN4O6. The highest BCUT2D eigenvalue weighted by Gasteiger charge is 2.45. The predicted molar refractivity (Wildman–Crippen MR) is 183 cm³/mol. The van der Waals surface area contributed by atoms with E-state index in [1.165, 1.54) is 7.11 Å². The molecule has 47 heavy (non-hydrogen) atoms. The van der Waals surface area contributed by atoms with E-state index in [1.54, 1.807) is 34.1 Å². The largest absolute Gasteiger partial charge is 0.465 e. The van der Waals surface area contributed by atoms with Gasteiger partial charge in [0.05, 0.1) is 12.7 Å². The van der Waals surface area contributed by atoms with Crippen molar-refractivity contribution in [2.75, 3.05) is 33.3 Å². The second-order valence-corrected chi connectivity index (χ2v) is 14.7. The van der Waals surface area contributed by atoms with Gasteiger partial charge in [-0.2, -0.15) is 0 Å². The van der Waals surface area contributed by atoms with Crippen LogP contribution in [0.15, 0.2) is 53.0 Å². The van der Waals surface area contributed by atoms with Gasteiger partial charge in [-0.1, -0.05) is 28.1 Å². The molecule has 2 saturated heterocycles. The zero-order chi connectivity index (χ0) is 35.0. The summed E-state index contributed by atoms with van der Waals surface area (Å²) in [5, 5.41) is 0. The number of amides is 2. The van der Waals surface area contributed by atoms with E-state index in [0.717, 1.165) is 15.6 Å². The normalized spacial score (nSPS) is 17.1. The number of piperidine rings is 2. The zero-order valence-electron chi connectivity index (χ0n) is 28.4. The summed E-state index contributed by atoms with van der Waals surface area (Å²) in [5.74, 6) is -0.400. The average Bonchev–Trinajstić information content (AvgIpc) is 3.03. The number of rotatable bonds is 3. The van der Waals surface area contributed by atoms with Crippen molar-refractivity contribution in [3.63, 3.8) is 0 Å². The lowest BCUT2D eigenvalue weighted by Crippen LogP contribution is -2.45. The van der Waals surface area contributed by atoms with Crippen LogP contribution in [-0.2, 0) is 25.3 Å². The van der Waals surface area contributed by atoms with Crippen molar-refractivity contribution < 1.29 is 28.6 Å². The Morgan fingerprint density at radius 3 is 1.32 bits per heavy atom. The molecule has 2 aromatic carbocycles. The Balaban J connectivity index is 0.000000257. The van der Waals surface area contributed by atoms with Gasteiger partial charge in [0.1, 0.15) is 11.2 Å². The molecule has 0 aliphatic carbocycles. The lowest BCUT2D eigenvalue weighted by atomic mass is 9.81. The maximum atomic E-state index is 12.2. The van der Waals surface area contributed by atoms with Gasteiger partial charge in [0.2, 0.25) is 0 Å². The van der Waals surface area contributed by atoms with E-state index in [9.17, 15) is 14.4 Å². The number of nitrogens with zero attached hydrogens (tertiary/aromatic N) is 4. The molecule has 0 unspecified atom stereocenters. The first-order chi connectivity index (χ1) is 22.0. The molecule has 2 heterocycles. The Hall–Kier alpha value is -4.09. The molecule has 0 N–H and O–H groups in total. The minimum Gasteiger partial charge on any atom is -0.465 e. The van der Waals surface area contributed by atoms with E-state index in [0.29, 0.717) is 57.4 Å². The minimum absolute atomic E-state index is 0.290. The molecule has 2 amide bonds. The topological polar surface area (TPSA) is 94.1 Å². The Labute approximate surface area is 287 Å². The van der Waals surface area contributed by atoms with Crippen LogP contribution < -0.4 is 0 Å². The summed E-state index contributed by atoms with van der Waals surface area (Å²) in [4.78, 5) is 47.0. The van der Waals surface area contributed by atoms with Crippen LogP contribution in [0.5, 0.6) is 0 Å². The van der Waals surface area contributed by atoms with Gasteiger partial charge in [-0.25, -0.2) is 27.5 Å². The fraction of sp³-hybridized carbons (Fsp3) is 0.528. The number of carbonyl (C=O) groups is 3. The van der Waals surface area contributed by atoms with Crippen molar-refractivity contribution in [1.82, 2.24) is 9.80 Å². The maximum Gasteiger partial charge on any atom is 0.410 e. The highest BCUT2D eigenvalue weighted by Crippen LogP contribution is 2.39. The number of hydrogen-bond acceptors (Lipinski definition) is 6. The Morgan fingerprint density at radius 2 is 1.02 bits per heavy atom. The number of halogens is 1. The summed E-state index contributed by atoms with van der Waals surface area (Å²) in [6.07, 6.45) is 1.71. The molecule has 0 spiro atoms. The predicted octanol–water partition coefficient (Wildman–Crippen LogP) is 8.21. The molecule has 4 rings (SSSR count). The molecular weight excluding hydrogens is 664 g/mol. The molecule has 0 aromatic heterocycles. The number of hydrogen-bond donors (Lipinski definition) is 0. The van der Waals surface area contributed by atoms with E-state index in [1.807, 2.05) is 65.8 Å². The van der Waals surface area contributed by atoms with Crippen LogP contribution in [0.3, 0.4) is 0 Å². The van der Waals surface area contributed by atoms with E-state index in [2.05, 4.69) is 25.6 Å². The Morgan fingerprint density at radius 1 is 0.681 bits per heavy atom. The third kappa shape index (κ3) is 9.95. The standard InChI is InChI=1S/C19H24N2O4.C17H21BrN2O2/c1-18(2,3)25-17(23)21-12-10-19(20-4,11-13-21)15-8-6-14(7-9-15)16(22)24-5;1-16(2,3)22-15(21)20-11-9-17(19-4,10-12-20)13-5-7-14(18)8-6-13/h6-9H,10-13H2,1-3,5H3;5-8H,9-12H2,1-3H3. The molecule has 2 aliphatic rings. The van der Waals surface area contributed by atoms with Crippen LogP contribution in [0.2, 0.25) is 0 Å². The van der Waals surface area contributed by atoms with Gasteiger partial charge in [0.25, 0.3) is 11.1 Å². The van der Waals surface area contributed by atoms with Gasteiger partial charge in [-0.15, -0.1) is 0 Å². The number of carbonyl (C=O) groups excluding carboxylic acids is 3. The first kappa shape index (κ1) is 37.4. The summed E-state index contributed by atoms with van der Waals surface area (Å²) in [7, 11) is 1.34. The molecule has 2 aliphatic heterocycles. The second-order valence-electron chi connectivity index (χ2n) is 13.8. The van der Waals surface area contributed by atoms with E-state index in [-0.39, 0.29) is 12.2 Å². The van der Waals surface area contributed by atoms with Crippen LogP contribution in [-0.4, -0.2) is 72.4 Å². The third-order valence-electron chi connectivity index (χ3n) is 8.14. The summed E-state index contributed by atoms with van der Waals surface area (Å²) in [6.45, 7) is 28.4. The molecule has 11 heteroatoms. The number of esters is 1. The van der Waals surface area contributed by atoms with Crippen molar-refractivity contribution in [2.45, 2.75) is 89.5 Å². The molecule has 2 fully saturated rings. The lowest BCUT2D eigenvalue weighted by molar-refractivity contribution is 0.0171. The lowest BCUT2D eigenvalue weighted by Gasteiger charge is -2.35. The maximum absolute atomic E-state index is 12.2. The minimum atomic E-state index is -0.673. The molecule has 0 radical (unpaired) electrons. The van der Waals surface area contributed by atoms with E-state index >= 15 is 0 Å². The fourth-order valence-electron chi connectivity index (χ4n) is 5.50. The van der Waals surface area contributed by atoms with Crippen LogP contribution >= 0.6 is 15.9 Å².